The molecule has 0 aliphatic carbocycles. The lowest BCUT2D eigenvalue weighted by molar-refractivity contribution is 0.316. The van der Waals surface area contributed by atoms with Crippen molar-refractivity contribution in [2.24, 2.45) is 7.05 Å². The molecule has 0 amide bonds. The van der Waals surface area contributed by atoms with Crippen LogP contribution in [0.1, 0.15) is 12.0 Å². The van der Waals surface area contributed by atoms with Crippen LogP contribution in [0.15, 0.2) is 41.8 Å². The molecule has 18 heavy (non-hydrogen) atoms. The Morgan fingerprint density at radius 2 is 2.17 bits per heavy atom. The predicted octanol–water partition coefficient (Wildman–Crippen LogP) is 3.29. The van der Waals surface area contributed by atoms with Crippen LogP contribution < -0.4 is 4.74 Å². The number of thioether (sulfide) groups is 1. The minimum absolute atomic E-state index is 0.752. The van der Waals surface area contributed by atoms with E-state index in [2.05, 4.69) is 18.0 Å². The van der Waals surface area contributed by atoms with E-state index in [9.17, 15) is 0 Å². The number of aryl methyl sites for hydroxylation is 2. The molecule has 2 rings (SSSR count). The fourth-order valence-corrected chi connectivity index (χ4v) is 2.46. The molecule has 2 aromatic rings. The summed E-state index contributed by atoms with van der Waals surface area (Å²) in [4.78, 5) is 4.27. The summed E-state index contributed by atoms with van der Waals surface area (Å²) in [5.41, 5.74) is 1.19. The van der Waals surface area contributed by atoms with E-state index in [-0.39, 0.29) is 0 Å². The minimum Gasteiger partial charge on any atom is -0.493 e. The van der Waals surface area contributed by atoms with Gasteiger partial charge in [-0.2, -0.15) is 0 Å². The Bertz CT molecular complexity index is 496. The number of ether oxygens (including phenoxy) is 1. The Morgan fingerprint density at radius 1 is 1.33 bits per heavy atom. The number of nitrogens with zero attached hydrogens (tertiary/aromatic N) is 2. The van der Waals surface area contributed by atoms with Gasteiger partial charge in [0.15, 0.2) is 5.16 Å². The maximum absolute atomic E-state index is 5.75. The second-order valence-corrected chi connectivity index (χ2v) is 5.20. The summed E-state index contributed by atoms with van der Waals surface area (Å²) in [5.74, 6) is 2.01. The largest absolute Gasteiger partial charge is 0.493 e. The van der Waals surface area contributed by atoms with Crippen molar-refractivity contribution in [1.82, 2.24) is 9.55 Å². The van der Waals surface area contributed by atoms with Crippen molar-refractivity contribution in [3.05, 3.63) is 42.2 Å². The average molecular weight is 262 g/mol. The number of hydrogen-bond acceptors (Lipinski definition) is 3. The van der Waals surface area contributed by atoms with Crippen LogP contribution in [-0.4, -0.2) is 21.9 Å². The van der Waals surface area contributed by atoms with Gasteiger partial charge >= 0.3 is 0 Å². The van der Waals surface area contributed by atoms with Crippen molar-refractivity contribution < 1.29 is 4.74 Å². The average Bonchev–Trinajstić information content (AvgIpc) is 2.77. The third kappa shape index (κ3) is 3.53. The van der Waals surface area contributed by atoms with E-state index in [0.717, 1.165) is 29.7 Å². The van der Waals surface area contributed by atoms with Crippen LogP contribution in [0, 0.1) is 6.92 Å². The Hall–Kier alpha value is -1.42. The van der Waals surface area contributed by atoms with Crippen molar-refractivity contribution in [2.45, 2.75) is 18.5 Å². The van der Waals surface area contributed by atoms with Crippen LogP contribution >= 0.6 is 11.8 Å². The first-order valence-electron chi connectivity index (χ1n) is 6.06. The van der Waals surface area contributed by atoms with Gasteiger partial charge in [0.05, 0.1) is 6.61 Å². The topological polar surface area (TPSA) is 27.1 Å². The second-order valence-electron chi connectivity index (χ2n) is 4.14. The van der Waals surface area contributed by atoms with E-state index in [1.807, 2.05) is 42.2 Å². The highest BCUT2D eigenvalue weighted by Crippen LogP contribution is 2.18. The molecule has 0 N–H and O–H groups in total. The summed E-state index contributed by atoms with van der Waals surface area (Å²) in [6, 6.07) is 8.11. The Balaban J connectivity index is 1.68. The molecule has 0 spiro atoms. The van der Waals surface area contributed by atoms with Gasteiger partial charge in [-0.05, 0) is 25.0 Å². The highest BCUT2D eigenvalue weighted by Gasteiger charge is 2.00. The van der Waals surface area contributed by atoms with Gasteiger partial charge in [-0.3, -0.25) is 0 Å². The molecule has 1 aromatic carbocycles. The van der Waals surface area contributed by atoms with Crippen molar-refractivity contribution in [2.75, 3.05) is 12.4 Å². The van der Waals surface area contributed by atoms with Crippen LogP contribution in [0.5, 0.6) is 5.75 Å². The monoisotopic (exact) mass is 262 g/mol. The molecule has 0 fully saturated rings. The molecule has 0 bridgehead atoms. The summed E-state index contributed by atoms with van der Waals surface area (Å²) < 4.78 is 7.78. The van der Waals surface area contributed by atoms with Gasteiger partial charge in [0, 0.05) is 25.2 Å². The van der Waals surface area contributed by atoms with E-state index in [1.165, 1.54) is 5.56 Å². The van der Waals surface area contributed by atoms with Gasteiger partial charge in [0.25, 0.3) is 0 Å². The first-order chi connectivity index (χ1) is 8.77. The lowest BCUT2D eigenvalue weighted by atomic mass is 10.2. The van der Waals surface area contributed by atoms with Crippen molar-refractivity contribution in [3.63, 3.8) is 0 Å². The molecule has 0 atom stereocenters. The molecule has 3 nitrogen and oxygen atoms in total. The SMILES string of the molecule is Cc1ccccc1OCCCSc1nccn1C. The molecule has 0 saturated heterocycles. The molecule has 1 heterocycles. The first kappa shape index (κ1) is 13.0. The van der Waals surface area contributed by atoms with Crippen LogP contribution in [0.2, 0.25) is 0 Å². The van der Waals surface area contributed by atoms with Gasteiger partial charge in [-0.15, -0.1) is 0 Å². The number of para-hydroxylation sites is 1. The fraction of sp³-hybridized carbons (Fsp3) is 0.357. The number of aromatic nitrogens is 2. The molecular weight excluding hydrogens is 244 g/mol. The fourth-order valence-electron chi connectivity index (χ4n) is 1.61. The van der Waals surface area contributed by atoms with E-state index >= 15 is 0 Å². The van der Waals surface area contributed by atoms with E-state index in [1.54, 1.807) is 11.8 Å². The van der Waals surface area contributed by atoms with Crippen LogP contribution in [-0.2, 0) is 7.05 Å². The third-order valence-corrected chi connectivity index (χ3v) is 3.79. The molecule has 0 saturated carbocycles. The summed E-state index contributed by atoms with van der Waals surface area (Å²) in [5, 5.41) is 1.06. The number of benzene rings is 1. The molecule has 0 aliphatic heterocycles. The third-order valence-electron chi connectivity index (χ3n) is 2.65. The molecule has 1 aromatic heterocycles. The van der Waals surface area contributed by atoms with E-state index < -0.39 is 0 Å². The van der Waals surface area contributed by atoms with Crippen molar-refractivity contribution in [1.29, 1.82) is 0 Å². The second kappa shape index (κ2) is 6.50. The minimum atomic E-state index is 0.752. The Labute approximate surface area is 112 Å². The molecule has 96 valence electrons. The van der Waals surface area contributed by atoms with Crippen molar-refractivity contribution in [3.8, 4) is 5.75 Å². The molecule has 0 unspecified atom stereocenters. The standard InChI is InChI=1S/C14H18N2OS/c1-12-6-3-4-7-13(12)17-10-5-11-18-14-15-8-9-16(14)2/h3-4,6-9H,5,10-11H2,1-2H3. The summed E-state index contributed by atoms with van der Waals surface area (Å²) in [6.45, 7) is 2.82. The summed E-state index contributed by atoms with van der Waals surface area (Å²) >= 11 is 1.76. The van der Waals surface area contributed by atoms with Crippen LogP contribution in [0.4, 0.5) is 0 Å². The van der Waals surface area contributed by atoms with E-state index in [0.29, 0.717) is 0 Å². The van der Waals surface area contributed by atoms with Crippen LogP contribution in [0.25, 0.3) is 0 Å². The zero-order valence-electron chi connectivity index (χ0n) is 10.8. The maximum Gasteiger partial charge on any atom is 0.167 e. The van der Waals surface area contributed by atoms with Gasteiger partial charge in [-0.1, -0.05) is 30.0 Å². The lowest BCUT2D eigenvalue weighted by Crippen LogP contribution is -2.00. The molecular formula is C14H18N2OS. The van der Waals surface area contributed by atoms with Crippen LogP contribution in [0.3, 0.4) is 0 Å². The van der Waals surface area contributed by atoms with Gasteiger partial charge in [0.1, 0.15) is 5.75 Å². The Kier molecular flexibility index (Phi) is 4.70. The first-order valence-corrected chi connectivity index (χ1v) is 7.04. The summed E-state index contributed by atoms with van der Waals surface area (Å²) in [7, 11) is 2.01. The smallest absolute Gasteiger partial charge is 0.167 e. The number of rotatable bonds is 6. The normalized spacial score (nSPS) is 10.6. The zero-order valence-corrected chi connectivity index (χ0v) is 11.6. The van der Waals surface area contributed by atoms with Gasteiger partial charge in [0.2, 0.25) is 0 Å². The number of imidazole rings is 1. The molecule has 0 radical (unpaired) electrons. The van der Waals surface area contributed by atoms with Gasteiger partial charge in [-0.25, -0.2) is 4.98 Å². The van der Waals surface area contributed by atoms with E-state index in [4.69, 9.17) is 4.74 Å². The maximum atomic E-state index is 5.75. The van der Waals surface area contributed by atoms with Gasteiger partial charge < -0.3 is 9.30 Å². The molecule has 4 heteroatoms. The Morgan fingerprint density at radius 3 is 2.89 bits per heavy atom. The number of hydrogen-bond donors (Lipinski definition) is 0. The highest BCUT2D eigenvalue weighted by molar-refractivity contribution is 7.99. The zero-order chi connectivity index (χ0) is 12.8. The highest BCUT2D eigenvalue weighted by atomic mass is 32.2. The lowest BCUT2D eigenvalue weighted by Gasteiger charge is -2.08. The van der Waals surface area contributed by atoms with Crippen molar-refractivity contribution >= 4 is 11.8 Å². The quantitative estimate of drug-likeness (QED) is 0.590. The molecule has 0 aliphatic rings. The predicted molar refractivity (Wildman–Crippen MR) is 75.2 cm³/mol. The summed E-state index contributed by atoms with van der Waals surface area (Å²) in [6.07, 6.45) is 4.81.